The Morgan fingerprint density at radius 2 is 1.85 bits per heavy atom. The average molecular weight is 380 g/mol. The first-order valence-electron chi connectivity index (χ1n) is 8.51. The molecule has 0 amide bonds. The second-order valence-electron chi connectivity index (χ2n) is 5.64. The van der Waals surface area contributed by atoms with Gasteiger partial charge >= 0.3 is 0 Å². The van der Waals surface area contributed by atoms with Crippen molar-refractivity contribution in [2.24, 2.45) is 0 Å². The number of aromatic nitrogens is 3. The Balaban J connectivity index is 1.79. The van der Waals surface area contributed by atoms with Crippen molar-refractivity contribution in [3.05, 3.63) is 60.4 Å². The number of methoxy groups -OCH3 is 1. The van der Waals surface area contributed by atoms with Crippen molar-refractivity contribution in [1.29, 1.82) is 5.26 Å². The monoisotopic (exact) mass is 380 g/mol. The molecule has 6 nitrogen and oxygen atoms in total. The Hall–Kier alpha value is -2.82. The maximum Gasteiger partial charge on any atom is 0.192 e. The largest absolute Gasteiger partial charge is 0.485 e. The van der Waals surface area contributed by atoms with Gasteiger partial charge in [0.25, 0.3) is 0 Å². The SMILES string of the molecule is COCCn1c(COc2ccccc2-c2ccccc2)nnc1SCC#N. The molecule has 0 unspecified atom stereocenters. The highest BCUT2D eigenvalue weighted by molar-refractivity contribution is 7.99. The summed E-state index contributed by atoms with van der Waals surface area (Å²) < 4.78 is 13.2. The minimum absolute atomic E-state index is 0.285. The Morgan fingerprint density at radius 1 is 1.07 bits per heavy atom. The van der Waals surface area contributed by atoms with Gasteiger partial charge in [-0.15, -0.1) is 10.2 Å². The lowest BCUT2D eigenvalue weighted by Gasteiger charge is -2.13. The molecule has 0 aliphatic rings. The molecule has 0 aliphatic heterocycles. The molecule has 0 spiro atoms. The van der Waals surface area contributed by atoms with Gasteiger partial charge in [0.1, 0.15) is 12.4 Å². The standard InChI is InChI=1S/C20H20N4O2S/c1-25-13-12-24-19(22-23-20(24)27-14-11-21)15-26-18-10-6-5-9-17(18)16-7-3-2-4-8-16/h2-10H,12-15H2,1H3. The van der Waals surface area contributed by atoms with E-state index in [0.717, 1.165) is 16.9 Å². The van der Waals surface area contributed by atoms with Crippen LogP contribution >= 0.6 is 11.8 Å². The first-order valence-corrected chi connectivity index (χ1v) is 9.50. The zero-order valence-corrected chi connectivity index (χ0v) is 15.9. The summed E-state index contributed by atoms with van der Waals surface area (Å²) >= 11 is 1.36. The van der Waals surface area contributed by atoms with Crippen LogP contribution in [0.15, 0.2) is 59.8 Å². The number of nitrogens with zero attached hydrogens (tertiary/aromatic N) is 4. The lowest BCUT2D eigenvalue weighted by molar-refractivity contribution is 0.181. The molecular formula is C20H20N4O2S. The fourth-order valence-electron chi connectivity index (χ4n) is 2.63. The van der Waals surface area contributed by atoms with Crippen LogP contribution in [0.4, 0.5) is 0 Å². The van der Waals surface area contributed by atoms with E-state index in [-0.39, 0.29) is 6.61 Å². The zero-order chi connectivity index (χ0) is 18.9. The second kappa shape index (κ2) is 9.76. The highest BCUT2D eigenvalue weighted by Crippen LogP contribution is 2.30. The summed E-state index contributed by atoms with van der Waals surface area (Å²) in [5.41, 5.74) is 2.12. The van der Waals surface area contributed by atoms with E-state index in [9.17, 15) is 0 Å². The zero-order valence-electron chi connectivity index (χ0n) is 15.0. The molecule has 0 aliphatic carbocycles. The van der Waals surface area contributed by atoms with Crippen LogP contribution in [0.3, 0.4) is 0 Å². The predicted octanol–water partition coefficient (Wildman–Crippen LogP) is 3.79. The van der Waals surface area contributed by atoms with Crippen LogP contribution in [-0.4, -0.2) is 34.2 Å². The van der Waals surface area contributed by atoms with E-state index < -0.39 is 0 Å². The molecule has 0 atom stereocenters. The van der Waals surface area contributed by atoms with Gasteiger partial charge in [0.05, 0.1) is 18.4 Å². The van der Waals surface area contributed by atoms with Crippen LogP contribution in [0.5, 0.6) is 5.75 Å². The van der Waals surface area contributed by atoms with Crippen molar-refractivity contribution in [2.75, 3.05) is 19.5 Å². The fraction of sp³-hybridized carbons (Fsp3) is 0.250. The minimum Gasteiger partial charge on any atom is -0.485 e. The molecule has 0 radical (unpaired) electrons. The van der Waals surface area contributed by atoms with Gasteiger partial charge in [0.15, 0.2) is 11.0 Å². The van der Waals surface area contributed by atoms with Crippen molar-refractivity contribution in [3.63, 3.8) is 0 Å². The van der Waals surface area contributed by atoms with Crippen molar-refractivity contribution >= 4 is 11.8 Å². The van der Waals surface area contributed by atoms with Gasteiger partial charge in [-0.2, -0.15) is 5.26 Å². The maximum atomic E-state index is 8.81. The van der Waals surface area contributed by atoms with Gasteiger partial charge in [0.2, 0.25) is 0 Å². The number of hydrogen-bond donors (Lipinski definition) is 0. The number of thioether (sulfide) groups is 1. The van der Waals surface area contributed by atoms with Crippen LogP contribution in [-0.2, 0) is 17.9 Å². The second-order valence-corrected chi connectivity index (χ2v) is 6.58. The summed E-state index contributed by atoms with van der Waals surface area (Å²) in [6.45, 7) is 1.43. The molecule has 3 aromatic rings. The van der Waals surface area contributed by atoms with E-state index in [1.54, 1.807) is 7.11 Å². The Kier molecular flexibility index (Phi) is 6.85. The molecule has 27 heavy (non-hydrogen) atoms. The summed E-state index contributed by atoms with van der Waals surface area (Å²) in [5.74, 6) is 1.81. The fourth-order valence-corrected chi connectivity index (χ4v) is 3.27. The molecule has 1 aromatic heterocycles. The molecule has 0 saturated carbocycles. The van der Waals surface area contributed by atoms with Crippen molar-refractivity contribution in [2.45, 2.75) is 18.3 Å². The van der Waals surface area contributed by atoms with Crippen molar-refractivity contribution in [1.82, 2.24) is 14.8 Å². The number of benzene rings is 2. The lowest BCUT2D eigenvalue weighted by atomic mass is 10.1. The first kappa shape index (κ1) is 19.0. The summed E-state index contributed by atoms with van der Waals surface area (Å²) in [6.07, 6.45) is 0. The number of para-hydroxylation sites is 1. The Morgan fingerprint density at radius 3 is 2.63 bits per heavy atom. The molecular weight excluding hydrogens is 360 g/mol. The summed E-state index contributed by atoms with van der Waals surface area (Å²) in [6, 6.07) is 20.2. The molecule has 1 heterocycles. The van der Waals surface area contributed by atoms with E-state index in [2.05, 4.69) is 28.4 Å². The van der Waals surface area contributed by atoms with E-state index >= 15 is 0 Å². The van der Waals surface area contributed by atoms with Gasteiger partial charge < -0.3 is 14.0 Å². The third-order valence-electron chi connectivity index (χ3n) is 3.91. The van der Waals surface area contributed by atoms with E-state index in [0.29, 0.717) is 29.9 Å². The van der Waals surface area contributed by atoms with Gasteiger partial charge in [0, 0.05) is 19.2 Å². The molecule has 0 fully saturated rings. The molecule has 2 aromatic carbocycles. The van der Waals surface area contributed by atoms with Crippen molar-refractivity contribution in [3.8, 4) is 22.9 Å². The third kappa shape index (κ3) is 4.88. The Labute approximate surface area is 162 Å². The highest BCUT2D eigenvalue weighted by atomic mass is 32.2. The van der Waals surface area contributed by atoms with Crippen LogP contribution in [0.1, 0.15) is 5.82 Å². The van der Waals surface area contributed by atoms with Gasteiger partial charge in [-0.05, 0) is 11.6 Å². The normalized spacial score (nSPS) is 10.5. The van der Waals surface area contributed by atoms with E-state index in [4.69, 9.17) is 14.7 Å². The number of ether oxygens (including phenoxy) is 2. The molecule has 7 heteroatoms. The van der Waals surface area contributed by atoms with Gasteiger partial charge in [-0.3, -0.25) is 0 Å². The topological polar surface area (TPSA) is 73.0 Å². The van der Waals surface area contributed by atoms with E-state index in [1.807, 2.05) is 47.0 Å². The van der Waals surface area contributed by atoms with Gasteiger partial charge in [-0.25, -0.2) is 0 Å². The molecule has 0 N–H and O–H groups in total. The smallest absolute Gasteiger partial charge is 0.192 e. The quantitative estimate of drug-likeness (QED) is 0.526. The molecule has 138 valence electrons. The van der Waals surface area contributed by atoms with Crippen LogP contribution in [0.2, 0.25) is 0 Å². The minimum atomic E-state index is 0.285. The predicted molar refractivity (Wildman–Crippen MR) is 104 cm³/mol. The van der Waals surface area contributed by atoms with Crippen LogP contribution in [0, 0.1) is 11.3 Å². The first-order chi connectivity index (χ1) is 13.3. The number of hydrogen-bond acceptors (Lipinski definition) is 6. The van der Waals surface area contributed by atoms with Gasteiger partial charge in [-0.1, -0.05) is 60.3 Å². The number of nitriles is 1. The third-order valence-corrected chi connectivity index (χ3v) is 4.74. The van der Waals surface area contributed by atoms with Crippen molar-refractivity contribution < 1.29 is 9.47 Å². The van der Waals surface area contributed by atoms with Crippen LogP contribution in [0.25, 0.3) is 11.1 Å². The summed E-state index contributed by atoms with van der Waals surface area (Å²) in [5, 5.41) is 17.9. The highest BCUT2D eigenvalue weighted by Gasteiger charge is 2.14. The number of rotatable bonds is 9. The maximum absolute atomic E-state index is 8.81. The summed E-state index contributed by atoms with van der Waals surface area (Å²) in [4.78, 5) is 0. The van der Waals surface area contributed by atoms with Crippen LogP contribution < -0.4 is 4.74 Å². The molecule has 0 bridgehead atoms. The molecule has 0 saturated heterocycles. The molecule has 3 rings (SSSR count). The lowest BCUT2D eigenvalue weighted by Crippen LogP contribution is -2.12. The summed E-state index contributed by atoms with van der Waals surface area (Å²) in [7, 11) is 1.65. The Bertz CT molecular complexity index is 906. The average Bonchev–Trinajstić information content (AvgIpc) is 3.11. The van der Waals surface area contributed by atoms with E-state index in [1.165, 1.54) is 11.8 Å².